The second kappa shape index (κ2) is 7.53. The van der Waals surface area contributed by atoms with Gasteiger partial charge in [-0.2, -0.15) is 0 Å². The van der Waals surface area contributed by atoms with Crippen LogP contribution < -0.4 is 5.32 Å². The number of rotatable bonds is 6. The summed E-state index contributed by atoms with van der Waals surface area (Å²) in [4.78, 5) is 16.6. The zero-order valence-corrected chi connectivity index (χ0v) is 14.7. The van der Waals surface area contributed by atoms with Gasteiger partial charge in [0.1, 0.15) is 5.52 Å². The smallest absolute Gasteiger partial charge is 0.257 e. The molecule has 1 aromatic heterocycles. The number of fused-ring (bicyclic) bond motifs is 1. The van der Waals surface area contributed by atoms with Crippen molar-refractivity contribution in [2.45, 2.75) is 31.2 Å². The van der Waals surface area contributed by atoms with Crippen LogP contribution in [0.1, 0.15) is 34.8 Å². The third-order valence-corrected chi connectivity index (χ3v) is 4.59. The fourth-order valence-electron chi connectivity index (χ4n) is 2.42. The Morgan fingerprint density at radius 1 is 1.25 bits per heavy atom. The molecular weight excluding hydrogens is 320 g/mol. The predicted molar refractivity (Wildman–Crippen MR) is 97.4 cm³/mol. The first-order valence-electron chi connectivity index (χ1n) is 8.03. The quantitative estimate of drug-likeness (QED) is 0.668. The van der Waals surface area contributed by atoms with Gasteiger partial charge in [-0.05, 0) is 42.7 Å². The fraction of sp³-hybridized carbons (Fsp3) is 0.263. The topological polar surface area (TPSA) is 55.1 Å². The van der Waals surface area contributed by atoms with Crippen molar-refractivity contribution in [3.05, 3.63) is 59.2 Å². The second-order valence-corrected chi connectivity index (χ2v) is 6.57. The lowest BCUT2D eigenvalue weighted by Crippen LogP contribution is -2.23. The van der Waals surface area contributed by atoms with E-state index in [9.17, 15) is 4.79 Å². The van der Waals surface area contributed by atoms with Gasteiger partial charge in [-0.25, -0.2) is 4.98 Å². The summed E-state index contributed by atoms with van der Waals surface area (Å²) in [6.45, 7) is 4.76. The first-order chi connectivity index (χ1) is 11.7. The van der Waals surface area contributed by atoms with Crippen LogP contribution in [0.2, 0.25) is 0 Å². The largest absolute Gasteiger partial charge is 0.431 e. The maximum Gasteiger partial charge on any atom is 0.257 e. The van der Waals surface area contributed by atoms with Crippen molar-refractivity contribution in [1.29, 1.82) is 0 Å². The van der Waals surface area contributed by atoms with Gasteiger partial charge in [-0.1, -0.05) is 43.0 Å². The molecular formula is C19H20N2O2S. The highest BCUT2D eigenvalue weighted by atomic mass is 32.2. The van der Waals surface area contributed by atoms with E-state index in [1.165, 1.54) is 11.8 Å². The third kappa shape index (κ3) is 3.79. The number of carbonyl (C=O) groups is 1. The maximum atomic E-state index is 12.0. The summed E-state index contributed by atoms with van der Waals surface area (Å²) in [5, 5.41) is 3.55. The molecule has 1 heterocycles. The molecule has 0 radical (unpaired) electrons. The molecule has 0 aliphatic carbocycles. The van der Waals surface area contributed by atoms with Crippen LogP contribution in [0.15, 0.2) is 52.1 Å². The van der Waals surface area contributed by atoms with E-state index in [2.05, 4.69) is 10.3 Å². The van der Waals surface area contributed by atoms with Crippen LogP contribution in [0.4, 0.5) is 0 Å². The van der Waals surface area contributed by atoms with E-state index >= 15 is 0 Å². The normalized spacial score (nSPS) is 10.9. The van der Waals surface area contributed by atoms with Gasteiger partial charge >= 0.3 is 0 Å². The van der Waals surface area contributed by atoms with Crippen molar-refractivity contribution in [2.75, 3.05) is 6.54 Å². The number of hydrogen-bond acceptors (Lipinski definition) is 4. The molecule has 0 fully saturated rings. The summed E-state index contributed by atoms with van der Waals surface area (Å²) < 4.78 is 5.77. The lowest BCUT2D eigenvalue weighted by molar-refractivity contribution is 0.0953. The van der Waals surface area contributed by atoms with E-state index in [1.54, 1.807) is 0 Å². The zero-order valence-electron chi connectivity index (χ0n) is 13.8. The Hall–Kier alpha value is -2.27. The van der Waals surface area contributed by atoms with Gasteiger partial charge in [0.25, 0.3) is 11.1 Å². The van der Waals surface area contributed by atoms with E-state index in [4.69, 9.17) is 4.42 Å². The Kier molecular flexibility index (Phi) is 5.20. The van der Waals surface area contributed by atoms with Crippen LogP contribution >= 0.6 is 11.8 Å². The Morgan fingerprint density at radius 2 is 2.08 bits per heavy atom. The van der Waals surface area contributed by atoms with Gasteiger partial charge in [0.15, 0.2) is 5.58 Å². The highest BCUT2D eigenvalue weighted by molar-refractivity contribution is 7.98. The Labute approximate surface area is 145 Å². The molecule has 0 unspecified atom stereocenters. The minimum absolute atomic E-state index is 0.0267. The van der Waals surface area contributed by atoms with Crippen LogP contribution in [0.5, 0.6) is 0 Å². The van der Waals surface area contributed by atoms with Gasteiger partial charge in [0, 0.05) is 17.9 Å². The molecule has 0 saturated carbocycles. The highest BCUT2D eigenvalue weighted by Gasteiger charge is 2.10. The molecule has 0 bridgehead atoms. The molecule has 5 heteroatoms. The van der Waals surface area contributed by atoms with Gasteiger partial charge in [-0.3, -0.25) is 4.79 Å². The number of para-hydroxylation sites is 1. The molecule has 1 amide bonds. The molecule has 0 saturated heterocycles. The molecule has 0 aliphatic rings. The van der Waals surface area contributed by atoms with E-state index in [-0.39, 0.29) is 5.91 Å². The van der Waals surface area contributed by atoms with Crippen LogP contribution in [-0.2, 0) is 5.75 Å². The second-order valence-electron chi connectivity index (χ2n) is 5.65. The minimum atomic E-state index is -0.0267. The zero-order chi connectivity index (χ0) is 16.9. The standard InChI is InChI=1S/C19H20N2O2S/c1-3-10-20-18(22)15-8-5-7-14(11-15)12-24-19-21-17-13(2)6-4-9-16(17)23-19/h4-9,11H,3,10,12H2,1-2H3,(H,20,22). The summed E-state index contributed by atoms with van der Waals surface area (Å²) in [5.74, 6) is 0.682. The molecule has 0 spiro atoms. The molecule has 3 aromatic rings. The van der Waals surface area contributed by atoms with Gasteiger partial charge in [0.2, 0.25) is 0 Å². The van der Waals surface area contributed by atoms with Gasteiger partial charge in [-0.15, -0.1) is 0 Å². The number of hydrogen-bond donors (Lipinski definition) is 1. The molecule has 4 nitrogen and oxygen atoms in total. The minimum Gasteiger partial charge on any atom is -0.431 e. The van der Waals surface area contributed by atoms with Gasteiger partial charge < -0.3 is 9.73 Å². The van der Waals surface area contributed by atoms with Crippen LogP contribution in [-0.4, -0.2) is 17.4 Å². The lowest BCUT2D eigenvalue weighted by atomic mass is 10.1. The molecule has 1 N–H and O–H groups in total. The summed E-state index contributed by atoms with van der Waals surface area (Å²) in [6, 6.07) is 13.6. The molecule has 3 rings (SSSR count). The SMILES string of the molecule is CCCNC(=O)c1cccc(CSc2nc3c(C)cccc3o2)c1. The van der Waals surface area contributed by atoms with Crippen LogP contribution in [0.25, 0.3) is 11.1 Å². The van der Waals surface area contributed by atoms with E-state index in [0.717, 1.165) is 28.6 Å². The number of benzene rings is 2. The van der Waals surface area contributed by atoms with Crippen molar-refractivity contribution in [3.63, 3.8) is 0 Å². The maximum absolute atomic E-state index is 12.0. The molecule has 124 valence electrons. The number of nitrogens with one attached hydrogen (secondary N) is 1. The highest BCUT2D eigenvalue weighted by Crippen LogP contribution is 2.27. The average Bonchev–Trinajstić information content (AvgIpc) is 3.03. The van der Waals surface area contributed by atoms with Crippen molar-refractivity contribution in [2.24, 2.45) is 0 Å². The van der Waals surface area contributed by atoms with Crippen molar-refractivity contribution in [1.82, 2.24) is 10.3 Å². The Bertz CT molecular complexity index is 857. The Balaban J connectivity index is 1.69. The Morgan fingerprint density at radius 3 is 2.88 bits per heavy atom. The number of thioether (sulfide) groups is 1. The number of nitrogens with zero attached hydrogens (tertiary/aromatic N) is 1. The molecule has 0 aliphatic heterocycles. The molecule has 0 atom stereocenters. The summed E-state index contributed by atoms with van der Waals surface area (Å²) in [7, 11) is 0. The number of oxazole rings is 1. The average molecular weight is 340 g/mol. The number of amides is 1. The monoisotopic (exact) mass is 340 g/mol. The van der Waals surface area contributed by atoms with Crippen LogP contribution in [0, 0.1) is 6.92 Å². The van der Waals surface area contributed by atoms with Crippen LogP contribution in [0.3, 0.4) is 0 Å². The third-order valence-electron chi connectivity index (χ3n) is 3.69. The van der Waals surface area contributed by atoms with Crippen molar-refractivity contribution >= 4 is 28.8 Å². The van der Waals surface area contributed by atoms with E-state index in [0.29, 0.717) is 23.1 Å². The molecule has 2 aromatic carbocycles. The van der Waals surface area contributed by atoms with E-state index in [1.807, 2.05) is 56.3 Å². The summed E-state index contributed by atoms with van der Waals surface area (Å²) >= 11 is 1.54. The summed E-state index contributed by atoms with van der Waals surface area (Å²) in [6.07, 6.45) is 0.929. The predicted octanol–water partition coefficient (Wildman–Crippen LogP) is 4.57. The van der Waals surface area contributed by atoms with Crippen molar-refractivity contribution < 1.29 is 9.21 Å². The number of carbonyl (C=O) groups excluding carboxylic acids is 1. The summed E-state index contributed by atoms with van der Waals surface area (Å²) in [5.41, 5.74) is 4.59. The number of aromatic nitrogens is 1. The number of aryl methyl sites for hydroxylation is 1. The first kappa shape index (κ1) is 16.6. The van der Waals surface area contributed by atoms with Crippen molar-refractivity contribution in [3.8, 4) is 0 Å². The fourth-order valence-corrected chi connectivity index (χ4v) is 3.19. The first-order valence-corrected chi connectivity index (χ1v) is 9.02. The van der Waals surface area contributed by atoms with E-state index < -0.39 is 0 Å². The van der Waals surface area contributed by atoms with Gasteiger partial charge in [0.05, 0.1) is 0 Å². The lowest BCUT2D eigenvalue weighted by Gasteiger charge is -2.05. The molecule has 24 heavy (non-hydrogen) atoms.